The molecule has 5 rings (SSSR count). The van der Waals surface area contributed by atoms with Gasteiger partial charge in [0.2, 0.25) is 5.76 Å². The molecule has 1 unspecified atom stereocenters. The van der Waals surface area contributed by atoms with E-state index in [-0.39, 0.29) is 12.3 Å². The molecule has 1 aliphatic carbocycles. The predicted molar refractivity (Wildman–Crippen MR) is 138 cm³/mol. The molecule has 0 bridgehead atoms. The zero-order valence-corrected chi connectivity index (χ0v) is 20.1. The van der Waals surface area contributed by atoms with Gasteiger partial charge in [0.1, 0.15) is 5.76 Å². The van der Waals surface area contributed by atoms with Crippen LogP contribution in [0.4, 0.5) is 0 Å². The lowest BCUT2D eigenvalue weighted by molar-refractivity contribution is 0.0660. The molecule has 2 heterocycles. The van der Waals surface area contributed by atoms with E-state index in [0.717, 1.165) is 40.7 Å². The van der Waals surface area contributed by atoms with Crippen molar-refractivity contribution in [1.29, 1.82) is 0 Å². The first-order valence-electron chi connectivity index (χ1n) is 11.9. The lowest BCUT2D eigenvalue weighted by atomic mass is 9.82. The maximum absolute atomic E-state index is 13.2. The highest BCUT2D eigenvalue weighted by Crippen LogP contribution is 2.38. The second-order valence-electron chi connectivity index (χ2n) is 9.15. The van der Waals surface area contributed by atoms with Crippen molar-refractivity contribution >= 4 is 18.1 Å². The molecule has 0 fully saturated rings. The van der Waals surface area contributed by atoms with Crippen molar-refractivity contribution in [3.63, 3.8) is 0 Å². The minimum atomic E-state index is -1.19. The number of nitrogens with one attached hydrogen (secondary N) is 1. The summed E-state index contributed by atoms with van der Waals surface area (Å²) in [6, 6.07) is 15.4. The number of fused-ring (bicyclic) bond motifs is 2. The zero-order valence-electron chi connectivity index (χ0n) is 20.1. The number of carboxylic acid groups (broad SMARTS) is 1. The maximum Gasteiger partial charge on any atom is 0.371 e. The van der Waals surface area contributed by atoms with Crippen LogP contribution < -0.4 is 11.2 Å². The first-order chi connectivity index (χ1) is 17.3. The van der Waals surface area contributed by atoms with Crippen molar-refractivity contribution in [2.45, 2.75) is 39.2 Å². The number of benzene rings is 2. The topological polar surface area (TPSA) is 105 Å². The fourth-order valence-electron chi connectivity index (χ4n) is 4.85. The summed E-state index contributed by atoms with van der Waals surface area (Å²) in [4.78, 5) is 39.5. The minimum Gasteiger partial charge on any atom is -0.475 e. The summed E-state index contributed by atoms with van der Waals surface area (Å²) in [5, 5.41) is 9.14. The molecular weight excluding hydrogens is 456 g/mol. The van der Waals surface area contributed by atoms with Crippen molar-refractivity contribution in [3.05, 3.63) is 126 Å². The maximum atomic E-state index is 13.2. The molecule has 1 aliphatic rings. The van der Waals surface area contributed by atoms with Gasteiger partial charge in [0.15, 0.2) is 0 Å². The number of nitrogens with zero attached hydrogens (tertiary/aromatic N) is 1. The Hall–Kier alpha value is -4.39. The Morgan fingerprint density at radius 2 is 1.72 bits per heavy atom. The molecule has 7 nitrogen and oxygen atoms in total. The molecule has 1 atom stereocenters. The summed E-state index contributed by atoms with van der Waals surface area (Å²) in [7, 11) is 0. The van der Waals surface area contributed by atoms with Crippen molar-refractivity contribution in [1.82, 2.24) is 9.55 Å². The lowest BCUT2D eigenvalue weighted by Crippen LogP contribution is -2.33. The number of H-pyrrole nitrogens is 1. The van der Waals surface area contributed by atoms with Gasteiger partial charge in [0, 0.05) is 17.7 Å². The van der Waals surface area contributed by atoms with E-state index in [4.69, 9.17) is 9.52 Å². The van der Waals surface area contributed by atoms with Crippen LogP contribution in [-0.4, -0.2) is 20.6 Å². The fraction of sp³-hybridized carbons (Fsp3) is 0.207. The van der Waals surface area contributed by atoms with Gasteiger partial charge < -0.3 is 9.52 Å². The number of hydrogen-bond acceptors (Lipinski definition) is 4. The molecular formula is C29H26N2O5. The Bertz CT molecular complexity index is 1620. The Morgan fingerprint density at radius 1 is 1.00 bits per heavy atom. The standard InChI is InChI=1S/C29H26N2O5/c1-3-4-18-6-11-23-20(14-18)8-7-19-13-17(2)5-10-22(19)26(23)24-16-31(29(35)30-27(24)32)15-21-9-12-25(36-21)28(33)34/h5-14,16,26H,3-4,15H2,1-2H3,(H,33,34)(H,30,32,35). The van der Waals surface area contributed by atoms with Crippen LogP contribution in [0.5, 0.6) is 0 Å². The summed E-state index contributed by atoms with van der Waals surface area (Å²) in [6.07, 6.45) is 7.73. The summed E-state index contributed by atoms with van der Waals surface area (Å²) >= 11 is 0. The van der Waals surface area contributed by atoms with E-state index in [1.54, 1.807) is 6.20 Å². The largest absolute Gasteiger partial charge is 0.475 e. The van der Waals surface area contributed by atoms with E-state index < -0.39 is 23.1 Å². The molecule has 2 aromatic heterocycles. The van der Waals surface area contributed by atoms with Crippen molar-refractivity contribution < 1.29 is 14.3 Å². The highest BCUT2D eigenvalue weighted by atomic mass is 16.4. The van der Waals surface area contributed by atoms with Gasteiger partial charge in [-0.2, -0.15) is 0 Å². The van der Waals surface area contributed by atoms with Gasteiger partial charge in [-0.3, -0.25) is 14.3 Å². The summed E-state index contributed by atoms with van der Waals surface area (Å²) in [5.41, 5.74) is 5.73. The second kappa shape index (κ2) is 9.34. The van der Waals surface area contributed by atoms with E-state index >= 15 is 0 Å². The average molecular weight is 483 g/mol. The van der Waals surface area contributed by atoms with E-state index in [1.165, 1.54) is 22.3 Å². The second-order valence-corrected chi connectivity index (χ2v) is 9.15. The number of aromatic carboxylic acids is 1. The first kappa shape index (κ1) is 23.4. The van der Waals surface area contributed by atoms with Crippen molar-refractivity contribution in [2.75, 3.05) is 0 Å². The Kier molecular flexibility index (Phi) is 6.06. The SMILES string of the molecule is CCCc1ccc2c(c1)C=Cc1cc(C)ccc1C2c1cn(Cc2ccc(C(=O)O)o2)c(=O)[nH]c1=O. The summed E-state index contributed by atoms with van der Waals surface area (Å²) in [6.45, 7) is 4.16. The third-order valence-electron chi connectivity index (χ3n) is 6.54. The fourth-order valence-corrected chi connectivity index (χ4v) is 4.85. The van der Waals surface area contributed by atoms with Crippen LogP contribution in [0.1, 0.15) is 74.5 Å². The highest BCUT2D eigenvalue weighted by molar-refractivity contribution is 5.84. The molecule has 36 heavy (non-hydrogen) atoms. The van der Waals surface area contributed by atoms with Gasteiger partial charge in [-0.05, 0) is 53.3 Å². The van der Waals surface area contributed by atoms with Gasteiger partial charge in [-0.1, -0.05) is 67.5 Å². The molecule has 0 saturated heterocycles. The monoisotopic (exact) mass is 482 g/mol. The Labute approximate surface area is 207 Å². The molecule has 2 N–H and O–H groups in total. The third-order valence-corrected chi connectivity index (χ3v) is 6.54. The van der Waals surface area contributed by atoms with Crippen LogP contribution in [0, 0.1) is 6.92 Å². The predicted octanol–water partition coefficient (Wildman–Crippen LogP) is 4.80. The lowest BCUT2D eigenvalue weighted by Gasteiger charge is -2.22. The molecule has 0 spiro atoms. The normalized spacial score (nSPS) is 14.2. The number of hydrogen-bond donors (Lipinski definition) is 2. The Balaban J connectivity index is 1.68. The average Bonchev–Trinajstić information content (AvgIpc) is 3.25. The van der Waals surface area contributed by atoms with Crippen LogP contribution >= 0.6 is 0 Å². The van der Waals surface area contributed by atoms with Gasteiger partial charge in [0.25, 0.3) is 5.56 Å². The Morgan fingerprint density at radius 3 is 2.42 bits per heavy atom. The van der Waals surface area contributed by atoms with Crippen molar-refractivity contribution in [2.24, 2.45) is 0 Å². The zero-order chi connectivity index (χ0) is 25.4. The molecule has 7 heteroatoms. The van der Waals surface area contributed by atoms with E-state index in [1.807, 2.05) is 19.1 Å². The van der Waals surface area contributed by atoms with Gasteiger partial charge in [0.05, 0.1) is 6.54 Å². The first-order valence-corrected chi connectivity index (χ1v) is 11.9. The van der Waals surface area contributed by atoms with Gasteiger partial charge >= 0.3 is 11.7 Å². The summed E-state index contributed by atoms with van der Waals surface area (Å²) < 4.78 is 6.69. The number of furan rings is 1. The van der Waals surface area contributed by atoms with Crippen LogP contribution in [0.3, 0.4) is 0 Å². The highest BCUT2D eigenvalue weighted by Gasteiger charge is 2.27. The number of aromatic nitrogens is 2. The van der Waals surface area contributed by atoms with E-state index in [9.17, 15) is 14.4 Å². The van der Waals surface area contributed by atoms with Crippen LogP contribution in [0.2, 0.25) is 0 Å². The number of aromatic amines is 1. The third kappa shape index (κ3) is 4.35. The van der Waals surface area contributed by atoms with Gasteiger partial charge in [-0.25, -0.2) is 9.59 Å². The quantitative estimate of drug-likeness (QED) is 0.362. The van der Waals surface area contributed by atoms with E-state index in [2.05, 4.69) is 48.3 Å². The molecule has 0 amide bonds. The smallest absolute Gasteiger partial charge is 0.371 e. The number of carboxylic acids is 1. The molecule has 0 saturated carbocycles. The molecule has 4 aromatic rings. The van der Waals surface area contributed by atoms with E-state index in [0.29, 0.717) is 11.3 Å². The minimum absolute atomic E-state index is 0.0100. The number of carbonyl (C=O) groups is 1. The summed E-state index contributed by atoms with van der Waals surface area (Å²) in [5.74, 6) is -1.50. The number of aryl methyl sites for hydroxylation is 2. The molecule has 0 radical (unpaired) electrons. The molecule has 182 valence electrons. The van der Waals surface area contributed by atoms with Gasteiger partial charge in [-0.15, -0.1) is 0 Å². The van der Waals surface area contributed by atoms with Crippen LogP contribution in [-0.2, 0) is 13.0 Å². The number of rotatable bonds is 6. The molecule has 0 aliphatic heterocycles. The van der Waals surface area contributed by atoms with Crippen LogP contribution in [0.25, 0.3) is 12.2 Å². The van der Waals surface area contributed by atoms with Crippen LogP contribution in [0.15, 0.2) is 68.7 Å². The molecule has 2 aromatic carbocycles. The van der Waals surface area contributed by atoms with Crippen molar-refractivity contribution in [3.8, 4) is 0 Å².